The van der Waals surface area contributed by atoms with Gasteiger partial charge in [-0.15, -0.1) is 0 Å². The molecule has 0 bridgehead atoms. The number of carbonyl (C=O) groups is 1. The van der Waals surface area contributed by atoms with E-state index in [2.05, 4.69) is 20.9 Å². The molecular weight excluding hydrogens is 246 g/mol. The minimum absolute atomic E-state index is 0.481. The molecule has 3 nitrogen and oxygen atoms in total. The number of carboxylic acid groups (broad SMARTS) is 1. The van der Waals surface area contributed by atoms with Gasteiger partial charge in [0.05, 0.1) is 5.41 Å². The minimum atomic E-state index is -0.794. The average molecular weight is 258 g/mol. The summed E-state index contributed by atoms with van der Waals surface area (Å²) in [4.78, 5) is 14.9. The predicted molar refractivity (Wildman–Crippen MR) is 57.1 cm³/mol. The Bertz CT molecular complexity index is 350. The summed E-state index contributed by atoms with van der Waals surface area (Å²) in [7, 11) is 0. The fourth-order valence-corrected chi connectivity index (χ4v) is 1.55. The third-order valence-electron chi connectivity index (χ3n) is 1.99. The van der Waals surface area contributed by atoms with E-state index >= 15 is 0 Å². The third kappa shape index (κ3) is 2.80. The fourth-order valence-electron chi connectivity index (χ4n) is 1.14. The van der Waals surface area contributed by atoms with Crippen molar-refractivity contribution in [1.29, 1.82) is 0 Å². The van der Waals surface area contributed by atoms with Gasteiger partial charge in [0.2, 0.25) is 0 Å². The Hall–Kier alpha value is -0.900. The SMILES string of the molecule is CC(C)(Cc1cncc(Br)c1)C(=O)O. The molecule has 1 aromatic rings. The van der Waals surface area contributed by atoms with Gasteiger partial charge in [-0.1, -0.05) is 0 Å². The van der Waals surface area contributed by atoms with Crippen molar-refractivity contribution in [2.45, 2.75) is 20.3 Å². The topological polar surface area (TPSA) is 50.2 Å². The van der Waals surface area contributed by atoms with Gasteiger partial charge in [0, 0.05) is 16.9 Å². The van der Waals surface area contributed by atoms with Crippen LogP contribution in [0, 0.1) is 5.41 Å². The van der Waals surface area contributed by atoms with Crippen LogP contribution in [0.5, 0.6) is 0 Å². The van der Waals surface area contributed by atoms with E-state index in [4.69, 9.17) is 5.11 Å². The molecule has 0 aliphatic heterocycles. The normalized spacial score (nSPS) is 11.4. The largest absolute Gasteiger partial charge is 0.481 e. The molecule has 0 saturated carbocycles. The van der Waals surface area contributed by atoms with E-state index in [1.165, 1.54) is 0 Å². The van der Waals surface area contributed by atoms with Crippen molar-refractivity contribution in [2.24, 2.45) is 5.41 Å². The van der Waals surface area contributed by atoms with Crippen molar-refractivity contribution >= 4 is 21.9 Å². The van der Waals surface area contributed by atoms with Crippen molar-refractivity contribution in [1.82, 2.24) is 4.98 Å². The number of aliphatic carboxylic acids is 1. The first kappa shape index (κ1) is 11.2. The number of hydrogen-bond donors (Lipinski definition) is 1. The number of rotatable bonds is 3. The van der Waals surface area contributed by atoms with E-state index in [1.54, 1.807) is 26.2 Å². The highest BCUT2D eigenvalue weighted by molar-refractivity contribution is 9.10. The number of aromatic nitrogens is 1. The average Bonchev–Trinajstić information content (AvgIpc) is 2.02. The van der Waals surface area contributed by atoms with Gasteiger partial charge in [0.15, 0.2) is 0 Å². The fraction of sp³-hybridized carbons (Fsp3) is 0.400. The first-order valence-corrected chi connectivity index (χ1v) is 5.04. The lowest BCUT2D eigenvalue weighted by molar-refractivity contribution is -0.146. The van der Waals surface area contributed by atoms with Crippen molar-refractivity contribution in [3.05, 3.63) is 28.5 Å². The molecule has 1 N–H and O–H groups in total. The molecule has 76 valence electrons. The molecule has 0 saturated heterocycles. The Kier molecular flexibility index (Phi) is 3.26. The van der Waals surface area contributed by atoms with Crippen LogP contribution in [0.15, 0.2) is 22.9 Å². The second-order valence-corrected chi connectivity index (χ2v) is 4.79. The van der Waals surface area contributed by atoms with Gasteiger partial charge in [0.25, 0.3) is 0 Å². The smallest absolute Gasteiger partial charge is 0.309 e. The van der Waals surface area contributed by atoms with E-state index in [9.17, 15) is 4.79 Å². The van der Waals surface area contributed by atoms with Gasteiger partial charge in [-0.05, 0) is 47.8 Å². The van der Waals surface area contributed by atoms with Crippen LogP contribution < -0.4 is 0 Å². The van der Waals surface area contributed by atoms with Crippen LogP contribution in [-0.4, -0.2) is 16.1 Å². The van der Waals surface area contributed by atoms with Crippen molar-refractivity contribution in [3.63, 3.8) is 0 Å². The molecule has 0 aliphatic carbocycles. The molecule has 14 heavy (non-hydrogen) atoms. The highest BCUT2D eigenvalue weighted by atomic mass is 79.9. The summed E-state index contributed by atoms with van der Waals surface area (Å²) in [5.41, 5.74) is 0.175. The van der Waals surface area contributed by atoms with E-state index in [-0.39, 0.29) is 0 Å². The zero-order valence-corrected chi connectivity index (χ0v) is 9.71. The predicted octanol–water partition coefficient (Wildman–Crippen LogP) is 2.50. The van der Waals surface area contributed by atoms with E-state index in [0.29, 0.717) is 6.42 Å². The molecule has 0 spiro atoms. The molecule has 0 fully saturated rings. The minimum Gasteiger partial charge on any atom is -0.481 e. The maximum absolute atomic E-state index is 10.9. The Morgan fingerprint density at radius 2 is 2.21 bits per heavy atom. The van der Waals surface area contributed by atoms with Gasteiger partial charge in [-0.3, -0.25) is 9.78 Å². The van der Waals surface area contributed by atoms with Crippen LogP contribution in [0.1, 0.15) is 19.4 Å². The number of nitrogens with zero attached hydrogens (tertiary/aromatic N) is 1. The summed E-state index contributed by atoms with van der Waals surface area (Å²) in [6.07, 6.45) is 3.85. The maximum atomic E-state index is 10.9. The number of hydrogen-bond acceptors (Lipinski definition) is 2. The lowest BCUT2D eigenvalue weighted by atomic mass is 9.86. The third-order valence-corrected chi connectivity index (χ3v) is 2.42. The molecule has 0 unspecified atom stereocenters. The van der Waals surface area contributed by atoms with Crippen molar-refractivity contribution in [3.8, 4) is 0 Å². The van der Waals surface area contributed by atoms with Crippen molar-refractivity contribution < 1.29 is 9.90 Å². The highest BCUT2D eigenvalue weighted by Crippen LogP contribution is 2.22. The Morgan fingerprint density at radius 3 is 2.71 bits per heavy atom. The van der Waals surface area contributed by atoms with Crippen LogP contribution in [0.3, 0.4) is 0 Å². The van der Waals surface area contributed by atoms with E-state index in [0.717, 1.165) is 10.0 Å². The second-order valence-electron chi connectivity index (χ2n) is 3.88. The lowest BCUT2D eigenvalue weighted by Crippen LogP contribution is -2.26. The van der Waals surface area contributed by atoms with Crippen LogP contribution in [0.25, 0.3) is 0 Å². The van der Waals surface area contributed by atoms with Gasteiger partial charge >= 0.3 is 5.97 Å². The van der Waals surface area contributed by atoms with Crippen LogP contribution >= 0.6 is 15.9 Å². The van der Waals surface area contributed by atoms with Gasteiger partial charge in [-0.2, -0.15) is 0 Å². The molecule has 1 rings (SSSR count). The number of carboxylic acids is 1. The Labute approximate surface area is 91.3 Å². The second kappa shape index (κ2) is 4.09. The summed E-state index contributed by atoms with van der Waals surface area (Å²) < 4.78 is 0.871. The maximum Gasteiger partial charge on any atom is 0.309 e. The molecule has 0 radical (unpaired) electrons. The zero-order valence-electron chi connectivity index (χ0n) is 8.12. The van der Waals surface area contributed by atoms with Gasteiger partial charge in [0.1, 0.15) is 0 Å². The van der Waals surface area contributed by atoms with E-state index in [1.807, 2.05) is 6.07 Å². The summed E-state index contributed by atoms with van der Waals surface area (Å²) in [5, 5.41) is 8.94. The van der Waals surface area contributed by atoms with Crippen molar-refractivity contribution in [2.75, 3.05) is 0 Å². The lowest BCUT2D eigenvalue weighted by Gasteiger charge is -2.18. The summed E-state index contributed by atoms with van der Waals surface area (Å²) >= 11 is 3.30. The Balaban J connectivity index is 2.83. The van der Waals surface area contributed by atoms with Crippen LogP contribution in [-0.2, 0) is 11.2 Å². The monoisotopic (exact) mass is 257 g/mol. The van der Waals surface area contributed by atoms with Gasteiger partial charge < -0.3 is 5.11 Å². The molecule has 1 heterocycles. The molecule has 1 aromatic heterocycles. The number of pyridine rings is 1. The van der Waals surface area contributed by atoms with Gasteiger partial charge in [-0.25, -0.2) is 0 Å². The summed E-state index contributed by atoms with van der Waals surface area (Å²) in [6.45, 7) is 3.41. The molecule has 4 heteroatoms. The summed E-state index contributed by atoms with van der Waals surface area (Å²) in [5.74, 6) is -0.794. The first-order valence-electron chi connectivity index (χ1n) is 4.24. The van der Waals surface area contributed by atoms with Crippen LogP contribution in [0.2, 0.25) is 0 Å². The highest BCUT2D eigenvalue weighted by Gasteiger charge is 2.27. The number of halogens is 1. The molecule has 0 amide bonds. The molecule has 0 aromatic carbocycles. The molecule has 0 atom stereocenters. The zero-order chi connectivity index (χ0) is 10.8. The standard InChI is InChI=1S/C10H12BrNO2/c1-10(2,9(13)14)4-7-3-8(11)6-12-5-7/h3,5-6H,4H2,1-2H3,(H,13,14). The van der Waals surface area contributed by atoms with Crippen LogP contribution in [0.4, 0.5) is 0 Å². The first-order chi connectivity index (χ1) is 6.42. The molecule has 0 aliphatic rings. The summed E-state index contributed by atoms with van der Waals surface area (Å²) in [6, 6.07) is 1.89. The van der Waals surface area contributed by atoms with E-state index < -0.39 is 11.4 Å². The quantitative estimate of drug-likeness (QED) is 0.906. The molecular formula is C10H12BrNO2. The Morgan fingerprint density at radius 1 is 1.57 bits per heavy atom.